The number of nitrogens with one attached hydrogen (secondary N) is 1. The van der Waals surface area contributed by atoms with Crippen LogP contribution in [0.5, 0.6) is 0 Å². The molecule has 1 amide bonds. The summed E-state index contributed by atoms with van der Waals surface area (Å²) in [7, 11) is 0. The van der Waals surface area contributed by atoms with Crippen LogP contribution in [0.15, 0.2) is 48.5 Å². The molecule has 1 unspecified atom stereocenters. The van der Waals surface area contributed by atoms with Crippen LogP contribution in [0.25, 0.3) is 11.3 Å². The lowest BCUT2D eigenvalue weighted by atomic mass is 9.98. The molecule has 26 heavy (non-hydrogen) atoms. The summed E-state index contributed by atoms with van der Waals surface area (Å²) in [5.41, 5.74) is 4.72. The van der Waals surface area contributed by atoms with Gasteiger partial charge in [0.1, 0.15) is 11.9 Å². The minimum atomic E-state index is -0.0730. The van der Waals surface area contributed by atoms with Gasteiger partial charge in [-0.1, -0.05) is 42.5 Å². The number of carbonyl (C=O) groups is 1. The monoisotopic (exact) mass is 346 g/mol. The number of amides is 1. The van der Waals surface area contributed by atoms with Gasteiger partial charge in [-0.2, -0.15) is 0 Å². The number of ether oxygens (including phenoxy) is 1. The Labute approximate surface area is 153 Å². The lowest BCUT2D eigenvalue weighted by molar-refractivity contribution is -0.110. The molecular weight excluding hydrogens is 324 g/mol. The molecule has 4 nitrogen and oxygen atoms in total. The Morgan fingerprint density at radius 3 is 2.58 bits per heavy atom. The van der Waals surface area contributed by atoms with Crippen molar-refractivity contribution >= 4 is 22.9 Å². The molecule has 5 rings (SSSR count). The standard InChI is InChI=1S/C22H22N2O2/c25-22-20(17-9-3-4-10-18(17)23-22)21-16-8-2-1-7-15(16)19(26-21)11-14-24-12-5-6-13-24/h1-4,7-10,19H,5-6,11-14H2,(H,23,25)/b21-20+. The summed E-state index contributed by atoms with van der Waals surface area (Å²) in [6.45, 7) is 3.43. The Morgan fingerprint density at radius 1 is 1.00 bits per heavy atom. The largest absolute Gasteiger partial charge is 0.484 e. The Kier molecular flexibility index (Phi) is 3.79. The quantitative estimate of drug-likeness (QED) is 0.852. The highest BCUT2D eigenvalue weighted by Crippen LogP contribution is 2.46. The third kappa shape index (κ3) is 2.53. The molecule has 0 spiro atoms. The van der Waals surface area contributed by atoms with Crippen molar-refractivity contribution in [2.45, 2.75) is 25.4 Å². The fourth-order valence-corrected chi connectivity index (χ4v) is 4.31. The molecule has 0 radical (unpaired) electrons. The van der Waals surface area contributed by atoms with E-state index < -0.39 is 0 Å². The zero-order valence-electron chi connectivity index (χ0n) is 14.7. The van der Waals surface area contributed by atoms with Gasteiger partial charge in [0.05, 0.1) is 5.57 Å². The van der Waals surface area contributed by atoms with Crippen LogP contribution in [0.1, 0.15) is 42.1 Å². The molecule has 1 fully saturated rings. The van der Waals surface area contributed by atoms with Gasteiger partial charge in [0, 0.05) is 35.3 Å². The lowest BCUT2D eigenvalue weighted by Crippen LogP contribution is -2.22. The van der Waals surface area contributed by atoms with E-state index in [0.717, 1.165) is 35.5 Å². The topological polar surface area (TPSA) is 41.6 Å². The molecule has 0 bridgehead atoms. The van der Waals surface area contributed by atoms with Gasteiger partial charge in [-0.05, 0) is 32.0 Å². The van der Waals surface area contributed by atoms with E-state index in [1.807, 2.05) is 30.3 Å². The number of rotatable bonds is 3. The number of likely N-dealkylation sites (tertiary alicyclic amines) is 1. The number of carbonyl (C=O) groups excluding carboxylic acids is 1. The van der Waals surface area contributed by atoms with Crippen molar-refractivity contribution in [1.29, 1.82) is 0 Å². The predicted octanol–water partition coefficient (Wildman–Crippen LogP) is 4.06. The first-order chi connectivity index (χ1) is 12.8. The number of hydrogen-bond acceptors (Lipinski definition) is 3. The molecule has 1 N–H and O–H groups in total. The van der Waals surface area contributed by atoms with Crippen LogP contribution in [0, 0.1) is 0 Å². The highest BCUT2D eigenvalue weighted by molar-refractivity contribution is 6.36. The fraction of sp³-hybridized carbons (Fsp3) is 0.318. The van der Waals surface area contributed by atoms with Crippen LogP contribution in [0.3, 0.4) is 0 Å². The van der Waals surface area contributed by atoms with Crippen LogP contribution >= 0.6 is 0 Å². The molecule has 1 atom stereocenters. The molecule has 0 aliphatic carbocycles. The van der Waals surface area contributed by atoms with Crippen molar-refractivity contribution in [3.63, 3.8) is 0 Å². The molecule has 2 aromatic carbocycles. The first-order valence-electron chi connectivity index (χ1n) is 9.44. The first-order valence-corrected chi connectivity index (χ1v) is 9.44. The van der Waals surface area contributed by atoms with E-state index in [1.54, 1.807) is 0 Å². The minimum absolute atomic E-state index is 0.0230. The molecule has 4 heteroatoms. The van der Waals surface area contributed by atoms with E-state index in [1.165, 1.54) is 31.5 Å². The average molecular weight is 346 g/mol. The third-order valence-corrected chi connectivity index (χ3v) is 5.62. The molecule has 3 aliphatic heterocycles. The van der Waals surface area contributed by atoms with Gasteiger partial charge in [0.2, 0.25) is 0 Å². The zero-order chi connectivity index (χ0) is 17.5. The van der Waals surface area contributed by atoms with E-state index in [2.05, 4.69) is 28.4 Å². The summed E-state index contributed by atoms with van der Waals surface area (Å²) < 4.78 is 6.40. The van der Waals surface area contributed by atoms with Crippen molar-refractivity contribution in [3.05, 3.63) is 65.2 Å². The Balaban J connectivity index is 1.52. The van der Waals surface area contributed by atoms with Crippen LogP contribution in [0.4, 0.5) is 5.69 Å². The molecule has 3 aliphatic rings. The van der Waals surface area contributed by atoms with Gasteiger partial charge in [0.15, 0.2) is 0 Å². The summed E-state index contributed by atoms with van der Waals surface area (Å²) in [5, 5.41) is 2.96. The summed E-state index contributed by atoms with van der Waals surface area (Å²) in [6, 6.07) is 16.1. The normalized spacial score (nSPS) is 24.3. The molecule has 3 heterocycles. The van der Waals surface area contributed by atoms with Crippen LogP contribution in [-0.4, -0.2) is 30.4 Å². The van der Waals surface area contributed by atoms with Gasteiger partial charge in [-0.3, -0.25) is 4.79 Å². The maximum absolute atomic E-state index is 12.6. The molecular formula is C22H22N2O2. The van der Waals surface area contributed by atoms with Crippen molar-refractivity contribution in [1.82, 2.24) is 4.90 Å². The highest BCUT2D eigenvalue weighted by atomic mass is 16.5. The summed E-state index contributed by atoms with van der Waals surface area (Å²) in [5.74, 6) is 0.658. The second-order valence-corrected chi connectivity index (χ2v) is 7.23. The maximum atomic E-state index is 12.6. The second-order valence-electron chi connectivity index (χ2n) is 7.23. The van der Waals surface area contributed by atoms with Crippen molar-refractivity contribution in [2.75, 3.05) is 25.0 Å². The summed E-state index contributed by atoms with van der Waals surface area (Å²) >= 11 is 0. The molecule has 132 valence electrons. The molecule has 2 aromatic rings. The van der Waals surface area contributed by atoms with Gasteiger partial charge in [-0.15, -0.1) is 0 Å². The highest BCUT2D eigenvalue weighted by Gasteiger charge is 2.36. The van der Waals surface area contributed by atoms with Crippen LogP contribution in [0.2, 0.25) is 0 Å². The number of nitrogens with zero attached hydrogens (tertiary/aromatic N) is 1. The first kappa shape index (κ1) is 15.6. The Bertz CT molecular complexity index is 897. The number of benzene rings is 2. The molecule has 1 saturated heterocycles. The van der Waals surface area contributed by atoms with E-state index >= 15 is 0 Å². The fourth-order valence-electron chi connectivity index (χ4n) is 4.31. The predicted molar refractivity (Wildman–Crippen MR) is 102 cm³/mol. The van der Waals surface area contributed by atoms with Gasteiger partial charge in [-0.25, -0.2) is 0 Å². The Morgan fingerprint density at radius 2 is 1.73 bits per heavy atom. The van der Waals surface area contributed by atoms with E-state index in [-0.39, 0.29) is 12.0 Å². The number of anilines is 1. The smallest absolute Gasteiger partial charge is 0.260 e. The summed E-state index contributed by atoms with van der Waals surface area (Å²) in [4.78, 5) is 15.2. The number of hydrogen-bond donors (Lipinski definition) is 1. The van der Waals surface area contributed by atoms with Crippen LogP contribution in [-0.2, 0) is 9.53 Å². The van der Waals surface area contributed by atoms with Crippen molar-refractivity contribution < 1.29 is 9.53 Å². The third-order valence-electron chi connectivity index (χ3n) is 5.62. The van der Waals surface area contributed by atoms with E-state index in [9.17, 15) is 4.79 Å². The second kappa shape index (κ2) is 6.29. The molecule has 0 aromatic heterocycles. The average Bonchev–Trinajstić information content (AvgIpc) is 3.37. The van der Waals surface area contributed by atoms with Crippen molar-refractivity contribution in [3.8, 4) is 0 Å². The van der Waals surface area contributed by atoms with Crippen molar-refractivity contribution in [2.24, 2.45) is 0 Å². The zero-order valence-corrected chi connectivity index (χ0v) is 14.7. The van der Waals surface area contributed by atoms with E-state index in [4.69, 9.17) is 4.74 Å². The Hall–Kier alpha value is -2.59. The van der Waals surface area contributed by atoms with Gasteiger partial charge >= 0.3 is 0 Å². The SMILES string of the molecule is O=C1Nc2ccccc2/C1=C1\OC(CCN2CCCC2)c2ccccc21. The lowest BCUT2D eigenvalue weighted by Gasteiger charge is -2.18. The van der Waals surface area contributed by atoms with E-state index in [0.29, 0.717) is 5.57 Å². The maximum Gasteiger partial charge on any atom is 0.260 e. The number of fused-ring (bicyclic) bond motifs is 2. The minimum Gasteiger partial charge on any atom is -0.484 e. The van der Waals surface area contributed by atoms with Gasteiger partial charge in [0.25, 0.3) is 5.91 Å². The van der Waals surface area contributed by atoms with Gasteiger partial charge < -0.3 is 15.0 Å². The number of para-hydroxylation sites is 1. The molecule has 0 saturated carbocycles. The van der Waals surface area contributed by atoms with Crippen LogP contribution < -0.4 is 5.32 Å². The summed E-state index contributed by atoms with van der Waals surface area (Å²) in [6.07, 6.45) is 3.58.